The Kier molecular flexibility index (Phi) is 7.63. The summed E-state index contributed by atoms with van der Waals surface area (Å²) in [4.78, 5) is 24.4. The van der Waals surface area contributed by atoms with Gasteiger partial charge in [-0.15, -0.1) is 10.2 Å². The van der Waals surface area contributed by atoms with Crippen molar-refractivity contribution < 1.29 is 19.1 Å². The number of methoxy groups -OCH3 is 2. The maximum absolute atomic E-state index is 12.2. The molecule has 2 aromatic carbocycles. The van der Waals surface area contributed by atoms with Crippen LogP contribution in [0.1, 0.15) is 15.4 Å². The molecule has 0 radical (unpaired) electrons. The number of benzene rings is 2. The average molecular weight is 445 g/mol. The molecule has 8 nitrogen and oxygen atoms in total. The molecule has 1 heterocycles. The number of thioether (sulfide) groups is 1. The van der Waals surface area contributed by atoms with Crippen LogP contribution in [0.4, 0.5) is 5.69 Å². The van der Waals surface area contributed by atoms with Crippen molar-refractivity contribution in [2.24, 2.45) is 0 Å². The zero-order valence-corrected chi connectivity index (χ0v) is 18.0. The van der Waals surface area contributed by atoms with Crippen LogP contribution < -0.4 is 20.1 Å². The normalized spacial score (nSPS) is 10.3. The standard InChI is InChI=1S/C20H20N4O4S2/c1-27-15-9-8-13(16(10-15)28-2)11-21-17(25)12-29-20-24-23-19(30-20)18(26)22-14-6-4-3-5-7-14/h3-10H,11-12H2,1-2H3,(H,21,25)(H,22,26). The van der Waals surface area contributed by atoms with E-state index in [1.807, 2.05) is 30.3 Å². The monoisotopic (exact) mass is 444 g/mol. The molecule has 0 bridgehead atoms. The third-order valence-corrected chi connectivity index (χ3v) is 5.98. The molecule has 0 aliphatic heterocycles. The molecule has 0 aliphatic rings. The molecule has 0 aliphatic carbocycles. The summed E-state index contributed by atoms with van der Waals surface area (Å²) in [6.45, 7) is 0.327. The van der Waals surface area contributed by atoms with Gasteiger partial charge in [-0.1, -0.05) is 41.3 Å². The van der Waals surface area contributed by atoms with Gasteiger partial charge in [0.25, 0.3) is 5.91 Å². The van der Waals surface area contributed by atoms with Gasteiger partial charge in [0.15, 0.2) is 4.34 Å². The molecule has 3 aromatic rings. The molecular weight excluding hydrogens is 424 g/mol. The van der Waals surface area contributed by atoms with E-state index in [0.29, 0.717) is 28.1 Å². The molecule has 30 heavy (non-hydrogen) atoms. The van der Waals surface area contributed by atoms with E-state index in [1.165, 1.54) is 11.8 Å². The first kappa shape index (κ1) is 21.6. The molecule has 0 fully saturated rings. The van der Waals surface area contributed by atoms with Crippen LogP contribution in [-0.4, -0.2) is 42.0 Å². The molecule has 0 spiro atoms. The molecular formula is C20H20N4O4S2. The number of amides is 2. The molecule has 0 saturated heterocycles. The van der Waals surface area contributed by atoms with Gasteiger partial charge in [0.2, 0.25) is 10.9 Å². The summed E-state index contributed by atoms with van der Waals surface area (Å²) >= 11 is 2.37. The summed E-state index contributed by atoms with van der Waals surface area (Å²) < 4.78 is 11.0. The van der Waals surface area contributed by atoms with Crippen LogP contribution in [0.2, 0.25) is 0 Å². The Morgan fingerprint density at radius 2 is 1.87 bits per heavy atom. The number of anilines is 1. The van der Waals surface area contributed by atoms with Crippen LogP contribution in [0.25, 0.3) is 0 Å². The van der Waals surface area contributed by atoms with Crippen molar-refractivity contribution in [3.63, 3.8) is 0 Å². The number of hydrogen-bond acceptors (Lipinski definition) is 8. The summed E-state index contributed by atoms with van der Waals surface area (Å²) in [7, 11) is 3.15. The largest absolute Gasteiger partial charge is 0.497 e. The summed E-state index contributed by atoms with van der Waals surface area (Å²) in [6.07, 6.45) is 0. The van der Waals surface area contributed by atoms with Crippen LogP contribution in [0.5, 0.6) is 11.5 Å². The minimum atomic E-state index is -0.332. The fraction of sp³-hybridized carbons (Fsp3) is 0.200. The van der Waals surface area contributed by atoms with Gasteiger partial charge in [0, 0.05) is 23.9 Å². The molecule has 0 atom stereocenters. The number of rotatable bonds is 9. The quantitative estimate of drug-likeness (QED) is 0.489. The Hall–Kier alpha value is -3.11. The van der Waals surface area contributed by atoms with Gasteiger partial charge in [-0.2, -0.15) is 0 Å². The number of carbonyl (C=O) groups is 2. The van der Waals surface area contributed by atoms with Gasteiger partial charge in [0.1, 0.15) is 11.5 Å². The Labute approximate surface area is 182 Å². The number of hydrogen-bond donors (Lipinski definition) is 2. The van der Waals surface area contributed by atoms with E-state index >= 15 is 0 Å². The van der Waals surface area contributed by atoms with E-state index in [9.17, 15) is 9.59 Å². The van der Waals surface area contributed by atoms with E-state index in [0.717, 1.165) is 16.9 Å². The Morgan fingerprint density at radius 1 is 1.07 bits per heavy atom. The Balaban J connectivity index is 1.48. The van der Waals surface area contributed by atoms with Gasteiger partial charge in [-0.05, 0) is 24.3 Å². The number of nitrogens with zero attached hydrogens (tertiary/aromatic N) is 2. The molecule has 2 amide bonds. The van der Waals surface area contributed by atoms with Crippen molar-refractivity contribution >= 4 is 40.6 Å². The van der Waals surface area contributed by atoms with Crippen LogP contribution in [0, 0.1) is 0 Å². The van der Waals surface area contributed by atoms with Crippen LogP contribution in [0.15, 0.2) is 52.9 Å². The van der Waals surface area contributed by atoms with Crippen molar-refractivity contribution in [3.05, 3.63) is 59.1 Å². The van der Waals surface area contributed by atoms with Crippen LogP contribution in [0.3, 0.4) is 0 Å². The van der Waals surface area contributed by atoms with Crippen molar-refractivity contribution in [1.29, 1.82) is 0 Å². The lowest BCUT2D eigenvalue weighted by Crippen LogP contribution is -2.24. The SMILES string of the molecule is COc1ccc(CNC(=O)CSc2nnc(C(=O)Nc3ccccc3)s2)c(OC)c1. The summed E-state index contributed by atoms with van der Waals surface area (Å²) in [5.74, 6) is 0.985. The number of nitrogens with one attached hydrogen (secondary N) is 2. The lowest BCUT2D eigenvalue weighted by Gasteiger charge is -2.11. The summed E-state index contributed by atoms with van der Waals surface area (Å²) in [5.41, 5.74) is 1.52. The highest BCUT2D eigenvalue weighted by Gasteiger charge is 2.15. The lowest BCUT2D eigenvalue weighted by atomic mass is 10.2. The fourth-order valence-electron chi connectivity index (χ4n) is 2.44. The average Bonchev–Trinajstić information content (AvgIpc) is 3.26. The van der Waals surface area contributed by atoms with Gasteiger partial charge in [0.05, 0.1) is 20.0 Å². The predicted molar refractivity (Wildman–Crippen MR) is 116 cm³/mol. The van der Waals surface area contributed by atoms with E-state index in [4.69, 9.17) is 9.47 Å². The second-order valence-electron chi connectivity index (χ2n) is 5.94. The van der Waals surface area contributed by atoms with Crippen molar-refractivity contribution in [2.45, 2.75) is 10.9 Å². The number of para-hydroxylation sites is 1. The van der Waals surface area contributed by atoms with E-state index in [2.05, 4.69) is 20.8 Å². The van der Waals surface area contributed by atoms with Crippen LogP contribution >= 0.6 is 23.1 Å². The second kappa shape index (κ2) is 10.6. The van der Waals surface area contributed by atoms with Crippen molar-refractivity contribution in [1.82, 2.24) is 15.5 Å². The van der Waals surface area contributed by atoms with Crippen LogP contribution in [-0.2, 0) is 11.3 Å². The first-order chi connectivity index (χ1) is 14.6. The molecule has 3 rings (SSSR count). The van der Waals surface area contributed by atoms with E-state index < -0.39 is 0 Å². The fourth-order valence-corrected chi connectivity index (χ4v) is 4.01. The maximum atomic E-state index is 12.2. The minimum absolute atomic E-state index is 0.160. The zero-order valence-electron chi connectivity index (χ0n) is 16.4. The van der Waals surface area contributed by atoms with Gasteiger partial charge >= 0.3 is 0 Å². The summed E-state index contributed by atoms with van der Waals surface area (Å²) in [5, 5.41) is 13.7. The number of aromatic nitrogens is 2. The first-order valence-electron chi connectivity index (χ1n) is 8.89. The molecule has 0 unspecified atom stereocenters. The van der Waals surface area contributed by atoms with Gasteiger partial charge < -0.3 is 20.1 Å². The topological polar surface area (TPSA) is 102 Å². The smallest absolute Gasteiger partial charge is 0.286 e. The molecule has 0 saturated carbocycles. The molecule has 10 heteroatoms. The van der Waals surface area contributed by atoms with Gasteiger partial charge in [-0.25, -0.2) is 0 Å². The highest BCUT2D eigenvalue weighted by atomic mass is 32.2. The van der Waals surface area contributed by atoms with Crippen molar-refractivity contribution in [2.75, 3.05) is 25.3 Å². The third kappa shape index (κ3) is 5.94. The lowest BCUT2D eigenvalue weighted by molar-refractivity contribution is -0.118. The highest BCUT2D eigenvalue weighted by molar-refractivity contribution is 8.01. The van der Waals surface area contributed by atoms with E-state index in [-0.39, 0.29) is 22.6 Å². The molecule has 156 valence electrons. The van der Waals surface area contributed by atoms with Crippen molar-refractivity contribution in [3.8, 4) is 11.5 Å². The highest BCUT2D eigenvalue weighted by Crippen LogP contribution is 2.25. The molecule has 2 N–H and O–H groups in total. The zero-order chi connectivity index (χ0) is 21.3. The first-order valence-corrected chi connectivity index (χ1v) is 10.7. The number of carbonyl (C=O) groups excluding carboxylic acids is 2. The molecule has 1 aromatic heterocycles. The predicted octanol–water partition coefficient (Wildman–Crippen LogP) is 3.22. The Morgan fingerprint density at radius 3 is 2.60 bits per heavy atom. The third-order valence-electron chi connectivity index (χ3n) is 3.93. The Bertz CT molecular complexity index is 1010. The van der Waals surface area contributed by atoms with E-state index in [1.54, 1.807) is 32.4 Å². The maximum Gasteiger partial charge on any atom is 0.286 e. The number of ether oxygens (including phenoxy) is 2. The summed E-state index contributed by atoms with van der Waals surface area (Å²) in [6, 6.07) is 14.5. The second-order valence-corrected chi connectivity index (χ2v) is 8.14. The minimum Gasteiger partial charge on any atom is -0.497 e. The van der Waals surface area contributed by atoms with Gasteiger partial charge in [-0.3, -0.25) is 9.59 Å².